The standard InChI is InChI=1S/C12H13F3N2O2/c13-12(14,15)8-1-2-10(16-6-8)11(19)17-5-7-3-9(18)4-7/h1-2,6-7,9,18H,3-5H2,(H,17,19). The summed E-state index contributed by atoms with van der Waals surface area (Å²) in [5.41, 5.74) is -0.931. The molecule has 0 unspecified atom stereocenters. The summed E-state index contributed by atoms with van der Waals surface area (Å²) in [4.78, 5) is 15.1. The fourth-order valence-electron chi connectivity index (χ4n) is 1.89. The van der Waals surface area contributed by atoms with Crippen molar-refractivity contribution in [1.29, 1.82) is 0 Å². The van der Waals surface area contributed by atoms with E-state index in [2.05, 4.69) is 10.3 Å². The van der Waals surface area contributed by atoms with Crippen molar-refractivity contribution < 1.29 is 23.1 Å². The molecule has 19 heavy (non-hydrogen) atoms. The van der Waals surface area contributed by atoms with Crippen LogP contribution in [0.2, 0.25) is 0 Å². The third-order valence-corrected chi connectivity index (χ3v) is 3.09. The Bertz CT molecular complexity index is 453. The molecule has 2 rings (SSSR count). The number of aromatic nitrogens is 1. The monoisotopic (exact) mass is 274 g/mol. The van der Waals surface area contributed by atoms with Gasteiger partial charge in [-0.1, -0.05) is 0 Å². The van der Waals surface area contributed by atoms with Crippen LogP contribution in [-0.2, 0) is 6.18 Å². The van der Waals surface area contributed by atoms with Crippen LogP contribution in [0.5, 0.6) is 0 Å². The predicted molar refractivity (Wildman–Crippen MR) is 60.3 cm³/mol. The van der Waals surface area contributed by atoms with Gasteiger partial charge in [-0.3, -0.25) is 9.78 Å². The fourth-order valence-corrected chi connectivity index (χ4v) is 1.89. The molecule has 0 saturated heterocycles. The zero-order valence-electron chi connectivity index (χ0n) is 9.94. The molecule has 0 aliphatic heterocycles. The number of aliphatic hydroxyl groups is 1. The normalized spacial score (nSPS) is 22.7. The summed E-state index contributed by atoms with van der Waals surface area (Å²) in [7, 11) is 0. The molecule has 0 aromatic carbocycles. The second kappa shape index (κ2) is 5.16. The van der Waals surface area contributed by atoms with E-state index >= 15 is 0 Å². The summed E-state index contributed by atoms with van der Waals surface area (Å²) in [6.07, 6.45) is -2.83. The minimum Gasteiger partial charge on any atom is -0.393 e. The minimum atomic E-state index is -4.45. The third kappa shape index (κ3) is 3.44. The quantitative estimate of drug-likeness (QED) is 0.880. The van der Waals surface area contributed by atoms with Crippen LogP contribution < -0.4 is 5.32 Å². The van der Waals surface area contributed by atoms with E-state index < -0.39 is 17.6 Å². The summed E-state index contributed by atoms with van der Waals surface area (Å²) < 4.78 is 36.9. The number of pyridine rings is 1. The van der Waals surface area contributed by atoms with E-state index in [4.69, 9.17) is 5.11 Å². The lowest BCUT2D eigenvalue weighted by Crippen LogP contribution is -2.38. The first kappa shape index (κ1) is 13.8. The van der Waals surface area contributed by atoms with Crippen LogP contribution in [0.4, 0.5) is 13.2 Å². The number of rotatable bonds is 3. The number of carbonyl (C=O) groups excluding carboxylic acids is 1. The van der Waals surface area contributed by atoms with Crippen LogP contribution in [0.15, 0.2) is 18.3 Å². The molecule has 0 atom stereocenters. The zero-order chi connectivity index (χ0) is 14.0. The van der Waals surface area contributed by atoms with Gasteiger partial charge < -0.3 is 10.4 Å². The van der Waals surface area contributed by atoms with Gasteiger partial charge in [-0.25, -0.2) is 0 Å². The van der Waals surface area contributed by atoms with Crippen LogP contribution in [0.1, 0.15) is 28.9 Å². The van der Waals surface area contributed by atoms with Gasteiger partial charge in [0.1, 0.15) is 5.69 Å². The molecule has 1 aliphatic carbocycles. The highest BCUT2D eigenvalue weighted by atomic mass is 19.4. The molecule has 0 bridgehead atoms. The second-order valence-electron chi connectivity index (χ2n) is 4.63. The second-order valence-corrected chi connectivity index (χ2v) is 4.63. The highest BCUT2D eigenvalue weighted by Gasteiger charge is 2.31. The van der Waals surface area contributed by atoms with Crippen molar-refractivity contribution in [3.63, 3.8) is 0 Å². The predicted octanol–water partition coefficient (Wildman–Crippen LogP) is 1.60. The maximum absolute atomic E-state index is 12.3. The molecule has 1 aromatic heterocycles. The Balaban J connectivity index is 1.89. The SMILES string of the molecule is O=C(NCC1CC(O)C1)c1ccc(C(F)(F)F)cn1. The number of hydrogen-bond donors (Lipinski definition) is 2. The number of hydrogen-bond acceptors (Lipinski definition) is 3. The molecule has 1 fully saturated rings. The van der Waals surface area contributed by atoms with Gasteiger partial charge in [0.2, 0.25) is 0 Å². The maximum atomic E-state index is 12.3. The highest BCUT2D eigenvalue weighted by Crippen LogP contribution is 2.28. The Morgan fingerprint density at radius 3 is 2.58 bits per heavy atom. The van der Waals surface area contributed by atoms with Gasteiger partial charge in [-0.2, -0.15) is 13.2 Å². The van der Waals surface area contributed by atoms with Crippen LogP contribution in [0.3, 0.4) is 0 Å². The molecule has 1 aromatic rings. The average molecular weight is 274 g/mol. The van der Waals surface area contributed by atoms with E-state index in [0.29, 0.717) is 25.6 Å². The largest absolute Gasteiger partial charge is 0.417 e. The molecule has 2 N–H and O–H groups in total. The third-order valence-electron chi connectivity index (χ3n) is 3.09. The van der Waals surface area contributed by atoms with Crippen molar-refractivity contribution in [3.05, 3.63) is 29.6 Å². The molecular formula is C12H13F3N2O2. The van der Waals surface area contributed by atoms with Gasteiger partial charge in [-0.05, 0) is 30.9 Å². The Morgan fingerprint density at radius 1 is 1.42 bits per heavy atom. The summed E-state index contributed by atoms with van der Waals surface area (Å²) in [6, 6.07) is 1.88. The Hall–Kier alpha value is -1.63. The van der Waals surface area contributed by atoms with Crippen molar-refractivity contribution in [2.45, 2.75) is 25.1 Å². The zero-order valence-corrected chi connectivity index (χ0v) is 9.94. The molecule has 7 heteroatoms. The number of halogens is 3. The van der Waals surface area contributed by atoms with Crippen LogP contribution >= 0.6 is 0 Å². The van der Waals surface area contributed by atoms with E-state index in [1.165, 1.54) is 0 Å². The molecule has 4 nitrogen and oxygen atoms in total. The van der Waals surface area contributed by atoms with E-state index in [9.17, 15) is 18.0 Å². The number of alkyl halides is 3. The van der Waals surface area contributed by atoms with Crippen LogP contribution in [-0.4, -0.2) is 28.6 Å². The van der Waals surface area contributed by atoms with E-state index in [1.54, 1.807) is 0 Å². The Morgan fingerprint density at radius 2 is 2.11 bits per heavy atom. The van der Waals surface area contributed by atoms with Crippen LogP contribution in [0, 0.1) is 5.92 Å². The van der Waals surface area contributed by atoms with Gasteiger partial charge in [-0.15, -0.1) is 0 Å². The first-order chi connectivity index (χ1) is 8.86. The first-order valence-corrected chi connectivity index (χ1v) is 5.86. The van der Waals surface area contributed by atoms with Gasteiger partial charge >= 0.3 is 6.18 Å². The van der Waals surface area contributed by atoms with Gasteiger partial charge in [0.25, 0.3) is 5.91 Å². The first-order valence-electron chi connectivity index (χ1n) is 5.86. The smallest absolute Gasteiger partial charge is 0.393 e. The number of nitrogens with one attached hydrogen (secondary N) is 1. The molecule has 1 saturated carbocycles. The topological polar surface area (TPSA) is 62.2 Å². The van der Waals surface area contributed by atoms with Crippen molar-refractivity contribution in [1.82, 2.24) is 10.3 Å². The fraction of sp³-hybridized carbons (Fsp3) is 0.500. The van der Waals surface area contributed by atoms with E-state index in [0.717, 1.165) is 12.1 Å². The average Bonchev–Trinajstić information content (AvgIpc) is 2.32. The van der Waals surface area contributed by atoms with Crippen molar-refractivity contribution >= 4 is 5.91 Å². The lowest BCUT2D eigenvalue weighted by atomic mass is 9.82. The summed E-state index contributed by atoms with van der Waals surface area (Å²) in [5.74, 6) is -0.275. The van der Waals surface area contributed by atoms with Crippen molar-refractivity contribution in [2.75, 3.05) is 6.54 Å². The van der Waals surface area contributed by atoms with Gasteiger partial charge in [0.15, 0.2) is 0 Å². The number of aliphatic hydroxyl groups excluding tert-OH is 1. The minimum absolute atomic E-state index is 0.0483. The summed E-state index contributed by atoms with van der Waals surface area (Å²) >= 11 is 0. The summed E-state index contributed by atoms with van der Waals surface area (Å²) in [6.45, 7) is 0.401. The Kier molecular flexibility index (Phi) is 3.75. The molecule has 0 spiro atoms. The van der Waals surface area contributed by atoms with Gasteiger partial charge in [0, 0.05) is 12.7 Å². The molecular weight excluding hydrogens is 261 g/mol. The molecule has 1 aliphatic rings. The lowest BCUT2D eigenvalue weighted by molar-refractivity contribution is -0.137. The molecule has 1 amide bonds. The molecule has 104 valence electrons. The van der Waals surface area contributed by atoms with E-state index in [1.807, 2.05) is 0 Å². The maximum Gasteiger partial charge on any atom is 0.417 e. The van der Waals surface area contributed by atoms with Crippen molar-refractivity contribution in [2.24, 2.45) is 5.92 Å². The molecule has 0 radical (unpaired) electrons. The Labute approximate surface area is 107 Å². The number of nitrogens with zero attached hydrogens (tertiary/aromatic N) is 1. The van der Waals surface area contributed by atoms with Gasteiger partial charge in [0.05, 0.1) is 11.7 Å². The molecule has 1 heterocycles. The number of carbonyl (C=O) groups is 1. The number of amides is 1. The lowest BCUT2D eigenvalue weighted by Gasteiger charge is -2.31. The highest BCUT2D eigenvalue weighted by molar-refractivity contribution is 5.92. The van der Waals surface area contributed by atoms with Crippen molar-refractivity contribution in [3.8, 4) is 0 Å². The summed E-state index contributed by atoms with van der Waals surface area (Å²) in [5, 5.41) is 11.7. The van der Waals surface area contributed by atoms with E-state index in [-0.39, 0.29) is 17.7 Å². The van der Waals surface area contributed by atoms with Crippen LogP contribution in [0.25, 0.3) is 0 Å².